The number of methoxy groups -OCH3 is 1. The molecule has 1 heterocycles. The predicted octanol–water partition coefficient (Wildman–Crippen LogP) is 2.17. The van der Waals surface area contributed by atoms with E-state index in [4.69, 9.17) is 9.47 Å². The number of hydrogen-bond acceptors (Lipinski definition) is 2. The summed E-state index contributed by atoms with van der Waals surface area (Å²) in [5.74, 6) is 0.514. The minimum Gasteiger partial charge on any atom is -0.376 e. The molecule has 1 fully saturated rings. The Kier molecular flexibility index (Phi) is 3.68. The summed E-state index contributed by atoms with van der Waals surface area (Å²) in [6.45, 7) is 5.97. The summed E-state index contributed by atoms with van der Waals surface area (Å²) >= 11 is 0. The van der Waals surface area contributed by atoms with Gasteiger partial charge in [0.1, 0.15) is 6.10 Å². The van der Waals surface area contributed by atoms with Gasteiger partial charge in [0, 0.05) is 7.11 Å². The van der Waals surface area contributed by atoms with Crippen LogP contribution in [0.5, 0.6) is 0 Å². The van der Waals surface area contributed by atoms with E-state index in [0.29, 0.717) is 5.92 Å². The quantitative estimate of drug-likeness (QED) is 0.679. The van der Waals surface area contributed by atoms with E-state index in [9.17, 15) is 4.39 Å². The van der Waals surface area contributed by atoms with Crippen molar-refractivity contribution in [3.8, 4) is 0 Å². The zero-order valence-electron chi connectivity index (χ0n) is 8.79. The van der Waals surface area contributed by atoms with Crippen LogP contribution in [0.4, 0.5) is 4.39 Å². The van der Waals surface area contributed by atoms with E-state index in [-0.39, 0.29) is 18.3 Å². The Hall–Kier alpha value is -0.150. The normalized spacial score (nSPS) is 40.2. The smallest absolute Gasteiger partial charge is 0.154 e. The van der Waals surface area contributed by atoms with Gasteiger partial charge in [-0.3, -0.25) is 0 Å². The fraction of sp³-hybridized carbons (Fsp3) is 1.00. The Balaban J connectivity index is 2.54. The first-order chi connectivity index (χ1) is 6.06. The fourth-order valence-electron chi connectivity index (χ4n) is 1.84. The second-order valence-electron chi connectivity index (χ2n) is 4.15. The van der Waals surface area contributed by atoms with Crippen molar-refractivity contribution in [3.05, 3.63) is 0 Å². The molecular formula is C10H19FO2. The highest BCUT2D eigenvalue weighted by molar-refractivity contribution is 4.90. The molecule has 78 valence electrons. The highest BCUT2D eigenvalue weighted by Crippen LogP contribution is 2.29. The molecule has 13 heavy (non-hydrogen) atoms. The van der Waals surface area contributed by atoms with Crippen LogP contribution in [0.25, 0.3) is 0 Å². The van der Waals surface area contributed by atoms with Crippen LogP contribution in [-0.2, 0) is 9.47 Å². The minimum absolute atomic E-state index is 0.0741. The van der Waals surface area contributed by atoms with Crippen LogP contribution in [0.3, 0.4) is 0 Å². The summed E-state index contributed by atoms with van der Waals surface area (Å²) in [7, 11) is 1.55. The third-order valence-electron chi connectivity index (χ3n) is 2.49. The van der Waals surface area contributed by atoms with Crippen molar-refractivity contribution in [2.24, 2.45) is 5.92 Å². The van der Waals surface area contributed by atoms with E-state index in [2.05, 4.69) is 13.8 Å². The molecule has 2 nitrogen and oxygen atoms in total. The zero-order valence-corrected chi connectivity index (χ0v) is 8.79. The van der Waals surface area contributed by atoms with Crippen molar-refractivity contribution < 1.29 is 13.9 Å². The molecule has 3 heteroatoms. The van der Waals surface area contributed by atoms with Gasteiger partial charge in [0.15, 0.2) is 6.17 Å². The van der Waals surface area contributed by atoms with E-state index in [1.165, 1.54) is 0 Å². The van der Waals surface area contributed by atoms with Crippen molar-refractivity contribution in [1.82, 2.24) is 0 Å². The van der Waals surface area contributed by atoms with E-state index in [1.807, 2.05) is 0 Å². The second-order valence-corrected chi connectivity index (χ2v) is 4.15. The SMILES string of the molecule is CO[C@H]1[C@@H](F)[C@H](C)O[C@@H]1CC(C)C. The topological polar surface area (TPSA) is 18.5 Å². The summed E-state index contributed by atoms with van der Waals surface area (Å²) in [6.07, 6.45) is -0.890. The number of halogens is 1. The molecule has 0 aromatic heterocycles. The molecule has 1 rings (SSSR count). The molecule has 1 saturated heterocycles. The van der Waals surface area contributed by atoms with Gasteiger partial charge in [-0.25, -0.2) is 4.39 Å². The number of hydrogen-bond donors (Lipinski definition) is 0. The molecule has 0 N–H and O–H groups in total. The first-order valence-electron chi connectivity index (χ1n) is 4.88. The summed E-state index contributed by atoms with van der Waals surface area (Å²) < 4.78 is 24.0. The van der Waals surface area contributed by atoms with E-state index in [0.717, 1.165) is 6.42 Å². The number of rotatable bonds is 3. The Morgan fingerprint density at radius 1 is 1.46 bits per heavy atom. The van der Waals surface area contributed by atoms with Crippen molar-refractivity contribution in [3.63, 3.8) is 0 Å². The van der Waals surface area contributed by atoms with Gasteiger partial charge in [-0.1, -0.05) is 13.8 Å². The average molecular weight is 190 g/mol. The number of alkyl halides is 1. The highest BCUT2D eigenvalue weighted by Gasteiger charge is 2.42. The highest BCUT2D eigenvalue weighted by atomic mass is 19.1. The molecular weight excluding hydrogens is 171 g/mol. The van der Waals surface area contributed by atoms with Gasteiger partial charge in [-0.15, -0.1) is 0 Å². The lowest BCUT2D eigenvalue weighted by molar-refractivity contribution is -0.0133. The van der Waals surface area contributed by atoms with Gasteiger partial charge in [0.25, 0.3) is 0 Å². The average Bonchev–Trinajstić information content (AvgIpc) is 2.27. The van der Waals surface area contributed by atoms with Crippen molar-refractivity contribution in [2.75, 3.05) is 7.11 Å². The van der Waals surface area contributed by atoms with Crippen LogP contribution < -0.4 is 0 Å². The summed E-state index contributed by atoms with van der Waals surface area (Å²) in [6, 6.07) is 0. The summed E-state index contributed by atoms with van der Waals surface area (Å²) in [5.41, 5.74) is 0. The van der Waals surface area contributed by atoms with Gasteiger partial charge < -0.3 is 9.47 Å². The van der Waals surface area contributed by atoms with E-state index >= 15 is 0 Å². The van der Waals surface area contributed by atoms with E-state index in [1.54, 1.807) is 14.0 Å². The second kappa shape index (κ2) is 4.38. The first kappa shape index (κ1) is 10.9. The molecule has 0 aliphatic carbocycles. The molecule has 0 spiro atoms. The first-order valence-corrected chi connectivity index (χ1v) is 4.88. The molecule has 0 saturated carbocycles. The van der Waals surface area contributed by atoms with Gasteiger partial charge >= 0.3 is 0 Å². The van der Waals surface area contributed by atoms with Gasteiger partial charge in [-0.2, -0.15) is 0 Å². The standard InChI is InChI=1S/C10H19FO2/c1-6(2)5-8-10(12-4)9(11)7(3)13-8/h6-10H,5H2,1-4H3/t7-,8+,9-,10+/m0/s1. The zero-order chi connectivity index (χ0) is 10.0. The third kappa shape index (κ3) is 2.41. The lowest BCUT2D eigenvalue weighted by Crippen LogP contribution is -2.31. The molecule has 1 aliphatic heterocycles. The Morgan fingerprint density at radius 2 is 2.08 bits per heavy atom. The van der Waals surface area contributed by atoms with Crippen LogP contribution in [-0.4, -0.2) is 31.6 Å². The van der Waals surface area contributed by atoms with Gasteiger partial charge in [0.2, 0.25) is 0 Å². The molecule has 0 aromatic rings. The van der Waals surface area contributed by atoms with Crippen molar-refractivity contribution >= 4 is 0 Å². The number of ether oxygens (including phenoxy) is 2. The molecule has 0 aromatic carbocycles. The lowest BCUT2D eigenvalue weighted by Gasteiger charge is -2.19. The molecule has 0 radical (unpaired) electrons. The minimum atomic E-state index is -0.978. The van der Waals surface area contributed by atoms with Crippen LogP contribution >= 0.6 is 0 Å². The van der Waals surface area contributed by atoms with Crippen molar-refractivity contribution in [2.45, 2.75) is 51.7 Å². The van der Waals surface area contributed by atoms with Crippen LogP contribution in [0.2, 0.25) is 0 Å². The molecule has 4 atom stereocenters. The Morgan fingerprint density at radius 3 is 2.54 bits per heavy atom. The Bertz CT molecular complexity index is 159. The van der Waals surface area contributed by atoms with Crippen LogP contribution in [0.1, 0.15) is 27.2 Å². The molecule has 0 amide bonds. The predicted molar refractivity (Wildman–Crippen MR) is 49.5 cm³/mol. The van der Waals surface area contributed by atoms with Crippen LogP contribution in [0.15, 0.2) is 0 Å². The maximum atomic E-state index is 13.4. The lowest BCUT2D eigenvalue weighted by atomic mass is 10.0. The van der Waals surface area contributed by atoms with Crippen molar-refractivity contribution in [1.29, 1.82) is 0 Å². The monoisotopic (exact) mass is 190 g/mol. The molecule has 0 bridgehead atoms. The van der Waals surface area contributed by atoms with Crippen LogP contribution in [0, 0.1) is 5.92 Å². The largest absolute Gasteiger partial charge is 0.376 e. The summed E-state index contributed by atoms with van der Waals surface area (Å²) in [5, 5.41) is 0. The van der Waals surface area contributed by atoms with Gasteiger partial charge in [-0.05, 0) is 19.3 Å². The maximum Gasteiger partial charge on any atom is 0.154 e. The fourth-order valence-corrected chi connectivity index (χ4v) is 1.84. The molecule has 1 aliphatic rings. The van der Waals surface area contributed by atoms with E-state index < -0.39 is 6.17 Å². The maximum absolute atomic E-state index is 13.4. The third-order valence-corrected chi connectivity index (χ3v) is 2.49. The molecule has 0 unspecified atom stereocenters. The Labute approximate surface area is 79.4 Å². The summed E-state index contributed by atoms with van der Waals surface area (Å²) in [4.78, 5) is 0. The van der Waals surface area contributed by atoms with Gasteiger partial charge in [0.05, 0.1) is 12.2 Å².